The molecule has 6 rings (SSSR count). The van der Waals surface area contributed by atoms with E-state index < -0.39 is 5.41 Å². The Balaban J connectivity index is 1.80. The van der Waals surface area contributed by atoms with Crippen LogP contribution in [0.15, 0.2) is 78.4 Å². The van der Waals surface area contributed by atoms with E-state index in [-0.39, 0.29) is 11.5 Å². The first-order valence-corrected chi connectivity index (χ1v) is 9.95. The zero-order valence-corrected chi connectivity index (χ0v) is 16.0. The topological polar surface area (TPSA) is 49.7 Å². The fourth-order valence-electron chi connectivity index (χ4n) is 5.37. The van der Waals surface area contributed by atoms with Crippen LogP contribution in [-0.4, -0.2) is 10.2 Å². The largest absolute Gasteiger partial charge is 0.508 e. The maximum Gasteiger partial charge on any atom is 0.135 e. The monoisotopic (exact) mass is 380 g/mol. The number of fused-ring (bicyclic) bond motifs is 8. The molecular formula is C26H20O3. The second-order valence-corrected chi connectivity index (χ2v) is 8.19. The van der Waals surface area contributed by atoms with Crippen LogP contribution in [0.4, 0.5) is 0 Å². The lowest BCUT2D eigenvalue weighted by Gasteiger charge is -2.41. The van der Waals surface area contributed by atoms with Gasteiger partial charge in [-0.25, -0.2) is 0 Å². The van der Waals surface area contributed by atoms with Gasteiger partial charge in [0.05, 0.1) is 5.41 Å². The van der Waals surface area contributed by atoms with E-state index in [9.17, 15) is 10.2 Å². The fraction of sp³-hybridized carbons (Fsp3) is 0.154. The standard InChI is InChI=1S/C26H20O3/c1-15-6-9-19-18-4-2-3-5-20(18)26(23(19)12-15)21-10-7-16(27)13-24(21)29-25-14-17(28)8-11-22(25)26/h2-11,13-15,27-28H,12H2,1H3. The van der Waals surface area contributed by atoms with Gasteiger partial charge >= 0.3 is 0 Å². The summed E-state index contributed by atoms with van der Waals surface area (Å²) in [5, 5.41) is 20.3. The molecule has 3 aromatic rings. The molecule has 1 spiro atoms. The molecule has 1 heterocycles. The number of rotatable bonds is 0. The molecule has 0 saturated heterocycles. The van der Waals surface area contributed by atoms with Crippen molar-refractivity contribution in [1.29, 1.82) is 0 Å². The number of phenols is 2. The van der Waals surface area contributed by atoms with Crippen molar-refractivity contribution in [2.45, 2.75) is 18.8 Å². The minimum absolute atomic E-state index is 0.167. The van der Waals surface area contributed by atoms with E-state index >= 15 is 0 Å². The smallest absolute Gasteiger partial charge is 0.135 e. The van der Waals surface area contributed by atoms with Crippen molar-refractivity contribution in [2.75, 3.05) is 0 Å². The first-order chi connectivity index (χ1) is 14.1. The van der Waals surface area contributed by atoms with Gasteiger partial charge in [-0.1, -0.05) is 55.5 Å². The number of allylic oxidation sites excluding steroid dienone is 4. The van der Waals surface area contributed by atoms with Gasteiger partial charge in [-0.15, -0.1) is 0 Å². The lowest BCUT2D eigenvalue weighted by Crippen LogP contribution is -2.34. The highest BCUT2D eigenvalue weighted by molar-refractivity contribution is 5.92. The molecule has 0 radical (unpaired) electrons. The molecule has 29 heavy (non-hydrogen) atoms. The highest BCUT2D eigenvalue weighted by Gasteiger charge is 2.52. The molecule has 0 aromatic heterocycles. The van der Waals surface area contributed by atoms with Gasteiger partial charge in [-0.3, -0.25) is 0 Å². The van der Waals surface area contributed by atoms with Gasteiger partial charge in [0.2, 0.25) is 0 Å². The van der Waals surface area contributed by atoms with Crippen molar-refractivity contribution < 1.29 is 14.9 Å². The summed E-state index contributed by atoms with van der Waals surface area (Å²) in [6.45, 7) is 2.24. The molecule has 0 bridgehead atoms. The highest BCUT2D eigenvalue weighted by atomic mass is 16.5. The van der Waals surface area contributed by atoms with Crippen molar-refractivity contribution in [3.05, 3.63) is 101 Å². The molecule has 1 atom stereocenters. The molecule has 2 N–H and O–H groups in total. The number of ether oxygens (including phenoxy) is 1. The molecule has 142 valence electrons. The molecule has 0 fully saturated rings. The highest BCUT2D eigenvalue weighted by Crippen LogP contribution is 2.63. The molecule has 1 aliphatic heterocycles. The summed E-state index contributed by atoms with van der Waals surface area (Å²) in [4.78, 5) is 0. The number of aromatic hydroxyl groups is 2. The van der Waals surface area contributed by atoms with Gasteiger partial charge < -0.3 is 14.9 Å². The molecule has 0 amide bonds. The van der Waals surface area contributed by atoms with Crippen molar-refractivity contribution in [2.24, 2.45) is 5.92 Å². The predicted molar refractivity (Wildman–Crippen MR) is 112 cm³/mol. The lowest BCUT2D eigenvalue weighted by molar-refractivity contribution is 0.412. The third kappa shape index (κ3) is 2.02. The summed E-state index contributed by atoms with van der Waals surface area (Å²) in [5.41, 5.74) is 6.68. The van der Waals surface area contributed by atoms with Crippen molar-refractivity contribution in [3.8, 4) is 23.0 Å². The van der Waals surface area contributed by atoms with E-state index in [0.29, 0.717) is 17.4 Å². The fourth-order valence-corrected chi connectivity index (χ4v) is 5.37. The zero-order chi connectivity index (χ0) is 19.8. The Morgan fingerprint density at radius 2 is 1.52 bits per heavy atom. The molecule has 3 aromatic carbocycles. The Kier molecular flexibility index (Phi) is 3.15. The molecule has 3 nitrogen and oxygen atoms in total. The quantitative estimate of drug-likeness (QED) is 0.510. The number of phenolic OH excluding ortho intramolecular Hbond substituents is 2. The molecule has 3 heteroatoms. The van der Waals surface area contributed by atoms with Crippen molar-refractivity contribution in [3.63, 3.8) is 0 Å². The van der Waals surface area contributed by atoms with Crippen molar-refractivity contribution >= 4 is 5.57 Å². The minimum Gasteiger partial charge on any atom is -0.508 e. The Labute approximate surface area is 169 Å². The number of hydrogen-bond acceptors (Lipinski definition) is 3. The molecule has 1 unspecified atom stereocenters. The van der Waals surface area contributed by atoms with Crippen LogP contribution in [0.5, 0.6) is 23.0 Å². The zero-order valence-electron chi connectivity index (χ0n) is 16.0. The van der Waals surface area contributed by atoms with Gasteiger partial charge in [0.1, 0.15) is 23.0 Å². The Morgan fingerprint density at radius 3 is 2.21 bits per heavy atom. The molecule has 3 aliphatic rings. The van der Waals surface area contributed by atoms with Crippen LogP contribution in [0.2, 0.25) is 0 Å². The summed E-state index contributed by atoms with van der Waals surface area (Å²) < 4.78 is 6.19. The summed E-state index contributed by atoms with van der Waals surface area (Å²) in [6.07, 6.45) is 5.48. The van der Waals surface area contributed by atoms with Gasteiger partial charge in [0.15, 0.2) is 0 Å². The van der Waals surface area contributed by atoms with Crippen LogP contribution in [0.3, 0.4) is 0 Å². The first kappa shape index (κ1) is 16.5. The van der Waals surface area contributed by atoms with Crippen LogP contribution < -0.4 is 4.74 Å². The summed E-state index contributed by atoms with van der Waals surface area (Å²) >= 11 is 0. The molecular weight excluding hydrogens is 360 g/mol. The van der Waals surface area contributed by atoms with E-state index in [1.165, 1.54) is 22.3 Å². The van der Waals surface area contributed by atoms with Crippen molar-refractivity contribution in [1.82, 2.24) is 0 Å². The third-order valence-corrected chi connectivity index (χ3v) is 6.47. The van der Waals surface area contributed by atoms with Gasteiger partial charge in [-0.05, 0) is 46.7 Å². The van der Waals surface area contributed by atoms with Crippen LogP contribution in [0.1, 0.15) is 35.6 Å². The second-order valence-electron chi connectivity index (χ2n) is 8.19. The Hall–Kier alpha value is -3.46. The van der Waals surface area contributed by atoms with E-state index in [1.807, 2.05) is 12.1 Å². The summed E-state index contributed by atoms with van der Waals surface area (Å²) in [6, 6.07) is 19.3. The van der Waals surface area contributed by atoms with Crippen LogP contribution in [-0.2, 0) is 5.41 Å². The maximum atomic E-state index is 10.1. The average molecular weight is 380 g/mol. The van der Waals surface area contributed by atoms with Crippen LogP contribution in [0, 0.1) is 5.92 Å². The predicted octanol–water partition coefficient (Wildman–Crippen LogP) is 5.90. The maximum absolute atomic E-state index is 10.1. The van der Waals surface area contributed by atoms with Crippen LogP contribution in [0.25, 0.3) is 5.57 Å². The van der Waals surface area contributed by atoms with E-state index in [0.717, 1.165) is 17.5 Å². The normalized spacial score (nSPS) is 20.0. The van der Waals surface area contributed by atoms with Gasteiger partial charge in [0, 0.05) is 23.3 Å². The summed E-state index contributed by atoms with van der Waals surface area (Å²) in [5.74, 6) is 2.03. The van der Waals surface area contributed by atoms with Crippen LogP contribution >= 0.6 is 0 Å². The second kappa shape index (κ2) is 5.54. The Bertz CT molecular complexity index is 1200. The first-order valence-electron chi connectivity index (χ1n) is 9.95. The van der Waals surface area contributed by atoms with Gasteiger partial charge in [0.25, 0.3) is 0 Å². The molecule has 2 aliphatic carbocycles. The Morgan fingerprint density at radius 1 is 0.862 bits per heavy atom. The van der Waals surface area contributed by atoms with Gasteiger partial charge in [-0.2, -0.15) is 0 Å². The summed E-state index contributed by atoms with van der Waals surface area (Å²) in [7, 11) is 0. The third-order valence-electron chi connectivity index (χ3n) is 6.47. The number of hydrogen-bond donors (Lipinski definition) is 2. The van der Waals surface area contributed by atoms with E-state index in [2.05, 4.69) is 43.3 Å². The minimum atomic E-state index is -0.491. The van der Waals surface area contributed by atoms with E-state index in [4.69, 9.17) is 4.74 Å². The SMILES string of the molecule is CC1C=CC2=C(C1)C1(c3ccc(O)cc3Oc3cc(O)ccc31)c1ccccc12. The molecule has 0 saturated carbocycles. The van der Waals surface area contributed by atoms with E-state index in [1.54, 1.807) is 24.3 Å². The average Bonchev–Trinajstić information content (AvgIpc) is 2.98. The number of benzene rings is 3. The lowest BCUT2D eigenvalue weighted by atomic mass is 9.63.